The molecule has 1 amide bonds. The van der Waals surface area contributed by atoms with E-state index in [1.165, 1.54) is 18.4 Å². The molecule has 3 aromatic rings. The number of anilines is 1. The number of furan rings is 1. The molecular formula is C24H26N2O2. The molecular weight excluding hydrogens is 348 g/mol. The van der Waals surface area contributed by atoms with Crippen LogP contribution >= 0.6 is 0 Å². The Balaban J connectivity index is 1.33. The summed E-state index contributed by atoms with van der Waals surface area (Å²) in [4.78, 5) is 14.9. The quantitative estimate of drug-likeness (QED) is 0.625. The molecule has 1 aliphatic heterocycles. The zero-order valence-electron chi connectivity index (χ0n) is 16.1. The van der Waals surface area contributed by atoms with E-state index in [0.717, 1.165) is 42.4 Å². The molecule has 0 bridgehead atoms. The van der Waals surface area contributed by atoms with E-state index < -0.39 is 0 Å². The lowest BCUT2D eigenvalue weighted by Gasteiger charge is -2.17. The highest BCUT2D eigenvalue weighted by atomic mass is 16.3. The third-order valence-corrected chi connectivity index (χ3v) is 5.20. The van der Waals surface area contributed by atoms with Crippen LogP contribution < -0.4 is 5.32 Å². The van der Waals surface area contributed by atoms with Crippen LogP contribution in [-0.4, -0.2) is 23.9 Å². The van der Waals surface area contributed by atoms with E-state index >= 15 is 0 Å². The summed E-state index contributed by atoms with van der Waals surface area (Å²) in [7, 11) is 0. The second-order valence-corrected chi connectivity index (χ2v) is 7.32. The monoisotopic (exact) mass is 374 g/mol. The molecule has 4 nitrogen and oxygen atoms in total. The van der Waals surface area contributed by atoms with Gasteiger partial charge in [-0.25, -0.2) is 0 Å². The van der Waals surface area contributed by atoms with Crippen molar-refractivity contribution in [2.24, 2.45) is 0 Å². The van der Waals surface area contributed by atoms with Gasteiger partial charge in [-0.1, -0.05) is 48.5 Å². The molecule has 2 heterocycles. The van der Waals surface area contributed by atoms with Gasteiger partial charge in [0.05, 0.1) is 0 Å². The van der Waals surface area contributed by atoms with Crippen LogP contribution in [0, 0.1) is 0 Å². The summed E-state index contributed by atoms with van der Waals surface area (Å²) in [5.74, 6) is 1.69. The molecule has 0 atom stereocenters. The molecule has 1 N–H and O–H groups in total. The number of nitrogens with zero attached hydrogens (tertiary/aromatic N) is 1. The van der Waals surface area contributed by atoms with Crippen molar-refractivity contribution >= 4 is 11.6 Å². The first-order valence-electron chi connectivity index (χ1n) is 10.0. The van der Waals surface area contributed by atoms with Gasteiger partial charge in [0.2, 0.25) is 5.91 Å². The van der Waals surface area contributed by atoms with Crippen LogP contribution in [0.25, 0.3) is 11.3 Å². The van der Waals surface area contributed by atoms with Crippen LogP contribution in [-0.2, 0) is 17.8 Å². The first-order chi connectivity index (χ1) is 13.8. The third-order valence-electron chi connectivity index (χ3n) is 5.20. The highest BCUT2D eigenvalue weighted by Gasteiger charge is 2.15. The molecule has 0 saturated carbocycles. The SMILES string of the molecule is O=C(CCc1ccc(-c2ccccc2)o1)Nc1ccccc1CN1CCCC1. The second kappa shape index (κ2) is 8.89. The van der Waals surface area contributed by atoms with E-state index in [1.807, 2.05) is 60.7 Å². The van der Waals surface area contributed by atoms with E-state index in [9.17, 15) is 4.79 Å². The summed E-state index contributed by atoms with van der Waals surface area (Å²) < 4.78 is 5.90. The lowest BCUT2D eigenvalue weighted by Crippen LogP contribution is -2.20. The number of carbonyl (C=O) groups excluding carboxylic acids is 1. The molecule has 2 aromatic carbocycles. The number of rotatable bonds is 7. The largest absolute Gasteiger partial charge is 0.461 e. The summed E-state index contributed by atoms with van der Waals surface area (Å²) in [6.07, 6.45) is 3.53. The molecule has 0 aliphatic carbocycles. The minimum atomic E-state index is 0.0199. The van der Waals surface area contributed by atoms with Crippen LogP contribution in [0.4, 0.5) is 5.69 Å². The summed E-state index contributed by atoms with van der Waals surface area (Å²) in [6.45, 7) is 3.18. The Hall–Kier alpha value is -2.85. The van der Waals surface area contributed by atoms with Crippen molar-refractivity contribution in [1.82, 2.24) is 4.90 Å². The third kappa shape index (κ3) is 4.70. The van der Waals surface area contributed by atoms with Crippen molar-refractivity contribution in [3.63, 3.8) is 0 Å². The normalized spacial score (nSPS) is 14.3. The minimum Gasteiger partial charge on any atom is -0.461 e. The Morgan fingerprint density at radius 1 is 0.929 bits per heavy atom. The van der Waals surface area contributed by atoms with Gasteiger partial charge in [-0.2, -0.15) is 0 Å². The number of benzene rings is 2. The van der Waals surface area contributed by atoms with E-state index in [4.69, 9.17) is 4.42 Å². The number of nitrogens with one attached hydrogen (secondary N) is 1. The summed E-state index contributed by atoms with van der Waals surface area (Å²) in [5.41, 5.74) is 3.15. The maximum atomic E-state index is 12.5. The molecule has 0 unspecified atom stereocenters. The maximum Gasteiger partial charge on any atom is 0.224 e. The molecule has 1 fully saturated rings. The molecule has 0 spiro atoms. The zero-order valence-corrected chi connectivity index (χ0v) is 16.1. The lowest BCUT2D eigenvalue weighted by molar-refractivity contribution is -0.116. The topological polar surface area (TPSA) is 45.5 Å². The number of amides is 1. The number of aryl methyl sites for hydroxylation is 1. The summed E-state index contributed by atoms with van der Waals surface area (Å²) in [6, 6.07) is 22.0. The predicted octanol–water partition coefficient (Wildman–Crippen LogP) is 5.11. The van der Waals surface area contributed by atoms with Crippen LogP contribution in [0.15, 0.2) is 71.1 Å². The van der Waals surface area contributed by atoms with Crippen molar-refractivity contribution in [3.05, 3.63) is 78.1 Å². The lowest BCUT2D eigenvalue weighted by atomic mass is 10.1. The number of hydrogen-bond acceptors (Lipinski definition) is 3. The number of carbonyl (C=O) groups is 1. The fraction of sp³-hybridized carbons (Fsp3) is 0.292. The Labute approximate surface area is 166 Å². The van der Waals surface area contributed by atoms with Crippen LogP contribution in [0.5, 0.6) is 0 Å². The van der Waals surface area contributed by atoms with Gasteiger partial charge >= 0.3 is 0 Å². The first kappa shape index (κ1) is 18.5. The van der Waals surface area contributed by atoms with Gasteiger partial charge in [-0.05, 0) is 49.7 Å². The van der Waals surface area contributed by atoms with Crippen LogP contribution in [0.1, 0.15) is 30.6 Å². The van der Waals surface area contributed by atoms with Crippen molar-refractivity contribution in [2.45, 2.75) is 32.2 Å². The highest BCUT2D eigenvalue weighted by Crippen LogP contribution is 2.23. The van der Waals surface area contributed by atoms with Crippen molar-refractivity contribution in [3.8, 4) is 11.3 Å². The van der Waals surface area contributed by atoms with E-state index in [-0.39, 0.29) is 5.91 Å². The van der Waals surface area contributed by atoms with E-state index in [1.54, 1.807) is 0 Å². The van der Waals surface area contributed by atoms with Crippen molar-refractivity contribution in [2.75, 3.05) is 18.4 Å². The average Bonchev–Trinajstić information content (AvgIpc) is 3.41. The van der Waals surface area contributed by atoms with Gasteiger partial charge in [-0.15, -0.1) is 0 Å². The summed E-state index contributed by atoms with van der Waals surface area (Å²) >= 11 is 0. The Bertz CT molecular complexity index is 911. The van der Waals surface area contributed by atoms with Gasteiger partial charge in [0.25, 0.3) is 0 Å². The summed E-state index contributed by atoms with van der Waals surface area (Å²) in [5, 5.41) is 3.09. The molecule has 1 aliphatic rings. The number of likely N-dealkylation sites (tertiary alicyclic amines) is 1. The molecule has 4 heteroatoms. The van der Waals surface area contributed by atoms with Crippen LogP contribution in [0.3, 0.4) is 0 Å². The van der Waals surface area contributed by atoms with Crippen molar-refractivity contribution < 1.29 is 9.21 Å². The fourth-order valence-electron chi connectivity index (χ4n) is 3.68. The van der Waals surface area contributed by atoms with Crippen LogP contribution in [0.2, 0.25) is 0 Å². The fourth-order valence-corrected chi connectivity index (χ4v) is 3.68. The number of para-hydroxylation sites is 1. The highest BCUT2D eigenvalue weighted by molar-refractivity contribution is 5.91. The standard InChI is InChI=1S/C24H26N2O2/c27-24(15-13-21-12-14-23(28-21)19-8-2-1-3-9-19)25-22-11-5-4-10-20(22)18-26-16-6-7-17-26/h1-5,8-12,14H,6-7,13,15-18H2,(H,25,27). The first-order valence-corrected chi connectivity index (χ1v) is 10.0. The Morgan fingerprint density at radius 2 is 1.68 bits per heavy atom. The van der Waals surface area contributed by atoms with E-state index in [2.05, 4.69) is 16.3 Å². The van der Waals surface area contributed by atoms with Gasteiger partial charge < -0.3 is 9.73 Å². The van der Waals surface area contributed by atoms with E-state index in [0.29, 0.717) is 12.8 Å². The molecule has 0 radical (unpaired) electrons. The minimum absolute atomic E-state index is 0.0199. The Kier molecular flexibility index (Phi) is 5.88. The maximum absolute atomic E-state index is 12.5. The van der Waals surface area contributed by atoms with Gasteiger partial charge in [-0.3, -0.25) is 9.69 Å². The molecule has 1 saturated heterocycles. The Morgan fingerprint density at radius 3 is 2.50 bits per heavy atom. The molecule has 144 valence electrons. The van der Waals surface area contributed by atoms with Gasteiger partial charge in [0.15, 0.2) is 0 Å². The smallest absolute Gasteiger partial charge is 0.224 e. The molecule has 1 aromatic heterocycles. The number of hydrogen-bond donors (Lipinski definition) is 1. The average molecular weight is 374 g/mol. The predicted molar refractivity (Wildman–Crippen MR) is 112 cm³/mol. The zero-order chi connectivity index (χ0) is 19.2. The second-order valence-electron chi connectivity index (χ2n) is 7.32. The van der Waals surface area contributed by atoms with Gasteiger partial charge in [0, 0.05) is 30.6 Å². The van der Waals surface area contributed by atoms with Crippen molar-refractivity contribution in [1.29, 1.82) is 0 Å². The molecule has 28 heavy (non-hydrogen) atoms. The van der Waals surface area contributed by atoms with Gasteiger partial charge in [0.1, 0.15) is 11.5 Å². The molecule has 4 rings (SSSR count).